The molecule has 4 fully saturated rings. The zero-order valence-electron chi connectivity index (χ0n) is 10.1. The van der Waals surface area contributed by atoms with Gasteiger partial charge in [0, 0.05) is 0 Å². The highest BCUT2D eigenvalue weighted by molar-refractivity contribution is 5.36. The van der Waals surface area contributed by atoms with Crippen LogP contribution in [0.1, 0.15) is 51.4 Å². The summed E-state index contributed by atoms with van der Waals surface area (Å²) in [5, 5.41) is 0. The Kier molecular flexibility index (Phi) is 1.52. The summed E-state index contributed by atoms with van der Waals surface area (Å²) in [6, 6.07) is 0. The van der Waals surface area contributed by atoms with E-state index in [1.54, 1.807) is 44.9 Å². The molecule has 4 saturated carbocycles. The molecule has 0 aromatic rings. The van der Waals surface area contributed by atoms with Gasteiger partial charge in [-0.05, 0) is 80.5 Å². The van der Waals surface area contributed by atoms with Gasteiger partial charge in [0.15, 0.2) is 0 Å². The molecule has 0 radical (unpaired) electrons. The van der Waals surface area contributed by atoms with Crippen LogP contribution in [0.25, 0.3) is 0 Å². The van der Waals surface area contributed by atoms with E-state index in [-0.39, 0.29) is 0 Å². The summed E-state index contributed by atoms with van der Waals surface area (Å²) in [4.78, 5) is 0. The van der Waals surface area contributed by atoms with E-state index in [1.165, 1.54) is 6.42 Å². The van der Waals surface area contributed by atoms with Crippen LogP contribution in [0.5, 0.6) is 0 Å². The van der Waals surface area contributed by atoms with Crippen molar-refractivity contribution in [3.8, 4) is 0 Å². The van der Waals surface area contributed by atoms with Crippen LogP contribution in [0.15, 0.2) is 11.1 Å². The molecule has 5 aliphatic rings. The maximum absolute atomic E-state index is 2.05. The van der Waals surface area contributed by atoms with E-state index >= 15 is 0 Å². The van der Waals surface area contributed by atoms with Crippen molar-refractivity contribution in [3.05, 3.63) is 11.1 Å². The van der Waals surface area contributed by atoms with Gasteiger partial charge in [-0.25, -0.2) is 0 Å². The standard InChI is InChI=1S/C16H22/c1-2-9-6-12-8-14(13(9)3-1)16-11-5-4-10(7-11)15(12)16/h9-11,13-14,16H,1-8H2. The molecule has 0 heterocycles. The summed E-state index contributed by atoms with van der Waals surface area (Å²) >= 11 is 0. The maximum atomic E-state index is 2.05. The quantitative estimate of drug-likeness (QED) is 0.531. The summed E-state index contributed by atoms with van der Waals surface area (Å²) < 4.78 is 0. The SMILES string of the molecule is C1CC2CC3=C4C5CCC(C5)C4C(C3)C2C1. The van der Waals surface area contributed by atoms with Crippen LogP contribution in [0.2, 0.25) is 0 Å². The van der Waals surface area contributed by atoms with Crippen LogP contribution in [0.3, 0.4) is 0 Å². The molecule has 0 spiro atoms. The molecule has 16 heavy (non-hydrogen) atoms. The summed E-state index contributed by atoms with van der Waals surface area (Å²) in [5.74, 6) is 6.76. The van der Waals surface area contributed by atoms with Crippen molar-refractivity contribution in [2.24, 2.45) is 35.5 Å². The first-order chi connectivity index (χ1) is 7.92. The average molecular weight is 214 g/mol. The molecule has 6 unspecified atom stereocenters. The fourth-order valence-corrected chi connectivity index (χ4v) is 6.60. The Balaban J connectivity index is 1.63. The smallest absolute Gasteiger partial charge is 0.0135 e. The molecule has 6 atom stereocenters. The number of hydrogen-bond donors (Lipinski definition) is 0. The normalized spacial score (nSPS) is 57.0. The van der Waals surface area contributed by atoms with Gasteiger partial charge in [-0.3, -0.25) is 0 Å². The number of hydrogen-bond acceptors (Lipinski definition) is 0. The van der Waals surface area contributed by atoms with Crippen LogP contribution >= 0.6 is 0 Å². The number of allylic oxidation sites excluding steroid dienone is 2. The molecule has 4 bridgehead atoms. The maximum Gasteiger partial charge on any atom is -0.0135 e. The molecule has 0 amide bonds. The molecule has 0 aliphatic heterocycles. The molecule has 5 rings (SSSR count). The van der Waals surface area contributed by atoms with Crippen molar-refractivity contribution in [1.82, 2.24) is 0 Å². The lowest BCUT2D eigenvalue weighted by atomic mass is 9.69. The van der Waals surface area contributed by atoms with Gasteiger partial charge in [-0.15, -0.1) is 0 Å². The van der Waals surface area contributed by atoms with Gasteiger partial charge < -0.3 is 0 Å². The fraction of sp³-hybridized carbons (Fsp3) is 0.875. The first kappa shape index (κ1) is 8.78. The Labute approximate surface area is 98.5 Å². The van der Waals surface area contributed by atoms with Crippen LogP contribution in [-0.2, 0) is 0 Å². The van der Waals surface area contributed by atoms with E-state index in [9.17, 15) is 0 Å². The number of rotatable bonds is 0. The van der Waals surface area contributed by atoms with Crippen molar-refractivity contribution in [2.45, 2.75) is 51.4 Å². The zero-order valence-corrected chi connectivity index (χ0v) is 10.1. The van der Waals surface area contributed by atoms with Crippen molar-refractivity contribution in [2.75, 3.05) is 0 Å². The highest BCUT2D eigenvalue weighted by atomic mass is 14.6. The predicted octanol–water partition coefficient (Wildman–Crippen LogP) is 4.17. The summed E-state index contributed by atoms with van der Waals surface area (Å²) in [6.45, 7) is 0. The van der Waals surface area contributed by atoms with E-state index in [1.807, 2.05) is 5.57 Å². The topological polar surface area (TPSA) is 0 Å². The van der Waals surface area contributed by atoms with Crippen LogP contribution < -0.4 is 0 Å². The third kappa shape index (κ3) is 0.866. The second kappa shape index (κ2) is 2.76. The van der Waals surface area contributed by atoms with E-state index in [2.05, 4.69) is 5.57 Å². The van der Waals surface area contributed by atoms with Gasteiger partial charge in [0.1, 0.15) is 0 Å². The highest BCUT2D eigenvalue weighted by Crippen LogP contribution is 2.66. The summed E-state index contributed by atoms with van der Waals surface area (Å²) in [6.07, 6.45) is 12.5. The van der Waals surface area contributed by atoms with Gasteiger partial charge in [-0.1, -0.05) is 17.6 Å². The lowest BCUT2D eigenvalue weighted by Gasteiger charge is -2.35. The summed E-state index contributed by atoms with van der Waals surface area (Å²) in [5.41, 5.74) is 4.04. The Bertz CT molecular complexity index is 377. The molecular formula is C16H22. The molecule has 0 heteroatoms. The van der Waals surface area contributed by atoms with Gasteiger partial charge in [0.25, 0.3) is 0 Å². The van der Waals surface area contributed by atoms with Gasteiger partial charge in [0.05, 0.1) is 0 Å². The van der Waals surface area contributed by atoms with Crippen LogP contribution in [0, 0.1) is 35.5 Å². The molecule has 0 nitrogen and oxygen atoms in total. The zero-order chi connectivity index (χ0) is 10.3. The summed E-state index contributed by atoms with van der Waals surface area (Å²) in [7, 11) is 0. The van der Waals surface area contributed by atoms with Gasteiger partial charge >= 0.3 is 0 Å². The third-order valence-electron chi connectivity index (χ3n) is 6.91. The minimum absolute atomic E-state index is 1.08. The Morgan fingerprint density at radius 3 is 2.81 bits per heavy atom. The lowest BCUT2D eigenvalue weighted by Crippen LogP contribution is -2.28. The molecule has 0 saturated heterocycles. The third-order valence-corrected chi connectivity index (χ3v) is 6.91. The molecular weight excluding hydrogens is 192 g/mol. The van der Waals surface area contributed by atoms with Crippen molar-refractivity contribution < 1.29 is 0 Å². The van der Waals surface area contributed by atoms with Crippen LogP contribution in [-0.4, -0.2) is 0 Å². The molecule has 0 aromatic heterocycles. The van der Waals surface area contributed by atoms with Gasteiger partial charge in [0.2, 0.25) is 0 Å². The number of fused-ring (bicyclic) bond motifs is 10. The highest BCUT2D eigenvalue weighted by Gasteiger charge is 2.56. The Morgan fingerprint density at radius 1 is 0.812 bits per heavy atom. The molecule has 86 valence electrons. The first-order valence-electron chi connectivity index (χ1n) is 7.63. The average Bonchev–Trinajstić information content (AvgIpc) is 3.02. The molecule has 5 aliphatic carbocycles. The first-order valence-corrected chi connectivity index (χ1v) is 7.63. The van der Waals surface area contributed by atoms with Gasteiger partial charge in [-0.2, -0.15) is 0 Å². The van der Waals surface area contributed by atoms with E-state index in [4.69, 9.17) is 0 Å². The molecule has 0 N–H and O–H groups in total. The second-order valence-electron chi connectivity index (χ2n) is 7.28. The monoisotopic (exact) mass is 214 g/mol. The Morgan fingerprint density at radius 2 is 1.81 bits per heavy atom. The predicted molar refractivity (Wildman–Crippen MR) is 64.9 cm³/mol. The fourth-order valence-electron chi connectivity index (χ4n) is 6.60. The van der Waals surface area contributed by atoms with Crippen LogP contribution in [0.4, 0.5) is 0 Å². The lowest BCUT2D eigenvalue weighted by molar-refractivity contribution is 0.164. The Hall–Kier alpha value is -0.260. The van der Waals surface area contributed by atoms with Crippen molar-refractivity contribution in [1.29, 1.82) is 0 Å². The van der Waals surface area contributed by atoms with Crippen molar-refractivity contribution in [3.63, 3.8) is 0 Å². The largest absolute Gasteiger partial charge is 0.0698 e. The van der Waals surface area contributed by atoms with E-state index in [0.717, 1.165) is 35.5 Å². The minimum atomic E-state index is 1.08. The van der Waals surface area contributed by atoms with E-state index in [0.29, 0.717) is 0 Å². The van der Waals surface area contributed by atoms with E-state index < -0.39 is 0 Å². The second-order valence-corrected chi connectivity index (χ2v) is 7.28. The van der Waals surface area contributed by atoms with Crippen molar-refractivity contribution >= 4 is 0 Å². The minimum Gasteiger partial charge on any atom is -0.0698 e. The molecule has 0 aromatic carbocycles.